The summed E-state index contributed by atoms with van der Waals surface area (Å²) in [7, 11) is 0. The largest absolute Gasteiger partial charge is 0.494 e. The third-order valence-electron chi connectivity index (χ3n) is 5.21. The molecular weight excluding hydrogens is 436 g/mol. The van der Waals surface area contributed by atoms with Crippen LogP contribution in [0.15, 0.2) is 71.0 Å². The smallest absolute Gasteiger partial charge is 0.338 e. The van der Waals surface area contributed by atoms with Gasteiger partial charge in [0.05, 0.1) is 12.2 Å². The molecule has 8 heteroatoms. The summed E-state index contributed by atoms with van der Waals surface area (Å²) in [4.78, 5) is 18.0. The van der Waals surface area contributed by atoms with Crippen LogP contribution in [0, 0.1) is 0 Å². The standard InChI is InChI=1S/C25H28N4O3S/c1-4-15-33-25-27-24-26-17(3)21(23(30)32-16-18-9-7-6-8-10-18)22(29(24)28-25)19-11-13-20(14-12-19)31-5-2/h6-14,22H,4-5,15-16H2,1-3H3,(H,26,27,28). The summed E-state index contributed by atoms with van der Waals surface area (Å²) in [6, 6.07) is 16.9. The lowest BCUT2D eigenvalue weighted by atomic mass is 9.95. The molecule has 3 aromatic rings. The van der Waals surface area contributed by atoms with Crippen molar-refractivity contribution in [1.29, 1.82) is 0 Å². The number of rotatable bonds is 9. The van der Waals surface area contributed by atoms with Crippen LogP contribution in [0.4, 0.5) is 5.95 Å². The first-order valence-electron chi connectivity index (χ1n) is 11.1. The SMILES string of the molecule is CCCSc1nc2n(n1)C(c1ccc(OCC)cc1)C(C(=O)OCc1ccccc1)=C(C)N2. The van der Waals surface area contributed by atoms with Crippen LogP contribution in [0.25, 0.3) is 0 Å². The number of carbonyl (C=O) groups excluding carboxylic acids is 1. The van der Waals surface area contributed by atoms with E-state index in [0.717, 1.165) is 29.1 Å². The normalized spacial score (nSPS) is 15.1. The van der Waals surface area contributed by atoms with Gasteiger partial charge in [0, 0.05) is 11.4 Å². The van der Waals surface area contributed by atoms with Gasteiger partial charge in [0.25, 0.3) is 0 Å². The zero-order chi connectivity index (χ0) is 23.2. The quantitative estimate of drug-likeness (QED) is 0.344. The summed E-state index contributed by atoms with van der Waals surface area (Å²) in [6.07, 6.45) is 1.03. The molecular formula is C25H28N4O3S. The van der Waals surface area contributed by atoms with E-state index in [1.165, 1.54) is 0 Å². The van der Waals surface area contributed by atoms with Gasteiger partial charge in [0.15, 0.2) is 0 Å². The van der Waals surface area contributed by atoms with E-state index in [1.807, 2.05) is 68.4 Å². The number of allylic oxidation sites excluding steroid dienone is 1. The van der Waals surface area contributed by atoms with Crippen LogP contribution in [0.5, 0.6) is 5.75 Å². The Morgan fingerprint density at radius 2 is 1.88 bits per heavy atom. The molecule has 1 N–H and O–H groups in total. The van der Waals surface area contributed by atoms with Crippen LogP contribution in [-0.4, -0.2) is 33.1 Å². The minimum absolute atomic E-state index is 0.203. The van der Waals surface area contributed by atoms with Gasteiger partial charge >= 0.3 is 5.97 Å². The van der Waals surface area contributed by atoms with Gasteiger partial charge in [-0.1, -0.05) is 61.2 Å². The highest BCUT2D eigenvalue weighted by Crippen LogP contribution is 2.37. The van der Waals surface area contributed by atoms with E-state index >= 15 is 0 Å². The molecule has 0 radical (unpaired) electrons. The second kappa shape index (κ2) is 10.6. The Morgan fingerprint density at radius 1 is 1.12 bits per heavy atom. The van der Waals surface area contributed by atoms with Gasteiger partial charge in [-0.05, 0) is 43.5 Å². The van der Waals surface area contributed by atoms with Gasteiger partial charge in [0.2, 0.25) is 11.1 Å². The van der Waals surface area contributed by atoms with E-state index in [9.17, 15) is 4.79 Å². The molecule has 0 saturated carbocycles. The monoisotopic (exact) mass is 464 g/mol. The molecule has 172 valence electrons. The number of nitrogens with one attached hydrogen (secondary N) is 1. The maximum absolute atomic E-state index is 13.3. The summed E-state index contributed by atoms with van der Waals surface area (Å²) in [5.74, 6) is 1.94. The van der Waals surface area contributed by atoms with Crippen LogP contribution in [0.1, 0.15) is 44.4 Å². The highest BCUT2D eigenvalue weighted by molar-refractivity contribution is 7.99. The number of benzene rings is 2. The van der Waals surface area contributed by atoms with Crippen molar-refractivity contribution in [3.8, 4) is 5.75 Å². The highest BCUT2D eigenvalue weighted by atomic mass is 32.2. The first kappa shape index (κ1) is 22.9. The molecule has 0 saturated heterocycles. The molecule has 7 nitrogen and oxygen atoms in total. The van der Waals surface area contributed by atoms with E-state index in [1.54, 1.807) is 16.4 Å². The Balaban J connectivity index is 1.68. The summed E-state index contributed by atoms with van der Waals surface area (Å²) < 4.78 is 13.1. The molecule has 33 heavy (non-hydrogen) atoms. The third-order valence-corrected chi connectivity index (χ3v) is 6.25. The van der Waals surface area contributed by atoms with Gasteiger partial charge in [-0.3, -0.25) is 0 Å². The maximum atomic E-state index is 13.3. The van der Waals surface area contributed by atoms with Crippen molar-refractivity contribution in [1.82, 2.24) is 14.8 Å². The average molecular weight is 465 g/mol. The van der Waals surface area contributed by atoms with Crippen molar-refractivity contribution in [3.05, 3.63) is 77.0 Å². The van der Waals surface area contributed by atoms with Crippen LogP contribution in [0.3, 0.4) is 0 Å². The lowest BCUT2D eigenvalue weighted by molar-refractivity contribution is -0.140. The zero-order valence-corrected chi connectivity index (χ0v) is 19.9. The maximum Gasteiger partial charge on any atom is 0.338 e. The fourth-order valence-electron chi connectivity index (χ4n) is 3.67. The number of aromatic nitrogens is 3. The number of fused-ring (bicyclic) bond motifs is 1. The third kappa shape index (κ3) is 5.22. The number of ether oxygens (including phenoxy) is 2. The molecule has 1 aromatic heterocycles. The minimum atomic E-state index is -0.455. The molecule has 1 aliphatic heterocycles. The average Bonchev–Trinajstić information content (AvgIpc) is 3.24. The van der Waals surface area contributed by atoms with E-state index in [0.29, 0.717) is 29.0 Å². The lowest BCUT2D eigenvalue weighted by Crippen LogP contribution is -2.29. The van der Waals surface area contributed by atoms with Gasteiger partial charge in [-0.2, -0.15) is 4.98 Å². The number of esters is 1. The fourth-order valence-corrected chi connectivity index (χ4v) is 4.36. The minimum Gasteiger partial charge on any atom is -0.494 e. The molecule has 4 rings (SSSR count). The van der Waals surface area contributed by atoms with Gasteiger partial charge in [-0.25, -0.2) is 9.48 Å². The van der Waals surface area contributed by atoms with Gasteiger partial charge in [-0.15, -0.1) is 5.10 Å². The van der Waals surface area contributed by atoms with E-state index in [4.69, 9.17) is 14.6 Å². The van der Waals surface area contributed by atoms with Crippen LogP contribution < -0.4 is 10.1 Å². The molecule has 1 unspecified atom stereocenters. The molecule has 0 aliphatic carbocycles. The first-order chi connectivity index (χ1) is 16.1. The predicted molar refractivity (Wildman–Crippen MR) is 129 cm³/mol. The fraction of sp³-hybridized carbons (Fsp3) is 0.320. The van der Waals surface area contributed by atoms with E-state index in [2.05, 4.69) is 17.2 Å². The van der Waals surface area contributed by atoms with Crippen molar-refractivity contribution < 1.29 is 14.3 Å². The van der Waals surface area contributed by atoms with Crippen molar-refractivity contribution >= 4 is 23.7 Å². The van der Waals surface area contributed by atoms with Crippen LogP contribution in [-0.2, 0) is 16.1 Å². The van der Waals surface area contributed by atoms with E-state index < -0.39 is 6.04 Å². The van der Waals surface area contributed by atoms with Crippen molar-refractivity contribution in [2.45, 2.75) is 45.0 Å². The molecule has 2 aromatic carbocycles. The topological polar surface area (TPSA) is 78.3 Å². The number of carbonyl (C=O) groups is 1. The van der Waals surface area contributed by atoms with E-state index in [-0.39, 0.29) is 12.6 Å². The van der Waals surface area contributed by atoms with Crippen molar-refractivity contribution in [2.24, 2.45) is 0 Å². The number of hydrogen-bond donors (Lipinski definition) is 1. The first-order valence-corrected chi connectivity index (χ1v) is 12.1. The number of hydrogen-bond acceptors (Lipinski definition) is 7. The second-order valence-electron chi connectivity index (χ2n) is 7.64. The molecule has 1 aliphatic rings. The zero-order valence-electron chi connectivity index (χ0n) is 19.1. The highest BCUT2D eigenvalue weighted by Gasteiger charge is 2.35. The number of anilines is 1. The van der Waals surface area contributed by atoms with Crippen LogP contribution in [0.2, 0.25) is 0 Å². The molecule has 0 fully saturated rings. The summed E-state index contributed by atoms with van der Waals surface area (Å²) >= 11 is 1.60. The molecule has 0 amide bonds. The molecule has 1 atom stereocenters. The molecule has 2 heterocycles. The Kier molecular flexibility index (Phi) is 7.34. The van der Waals surface area contributed by atoms with Gasteiger partial charge < -0.3 is 14.8 Å². The van der Waals surface area contributed by atoms with Crippen molar-refractivity contribution in [2.75, 3.05) is 17.7 Å². The predicted octanol–water partition coefficient (Wildman–Crippen LogP) is 5.21. The summed E-state index contributed by atoms with van der Waals surface area (Å²) in [5.41, 5.74) is 3.06. The second-order valence-corrected chi connectivity index (χ2v) is 8.70. The Hall–Kier alpha value is -3.26. The Morgan fingerprint density at radius 3 is 2.58 bits per heavy atom. The van der Waals surface area contributed by atoms with Gasteiger partial charge in [0.1, 0.15) is 18.4 Å². The Labute approximate surface area is 198 Å². The number of nitrogens with zero attached hydrogens (tertiary/aromatic N) is 3. The molecule has 0 bridgehead atoms. The lowest BCUT2D eigenvalue weighted by Gasteiger charge is -2.28. The van der Waals surface area contributed by atoms with Crippen molar-refractivity contribution in [3.63, 3.8) is 0 Å². The van der Waals surface area contributed by atoms with Crippen LogP contribution >= 0.6 is 11.8 Å². The number of thioether (sulfide) groups is 1. The Bertz CT molecular complexity index is 1130. The summed E-state index contributed by atoms with van der Waals surface area (Å²) in [5, 5.41) is 8.65. The molecule has 0 spiro atoms. The summed E-state index contributed by atoms with van der Waals surface area (Å²) in [6.45, 7) is 6.74.